The lowest BCUT2D eigenvalue weighted by Gasteiger charge is -2.19. The molecule has 0 bridgehead atoms. The Kier molecular flexibility index (Phi) is 6.40. The average molecular weight is 337 g/mol. The fourth-order valence-corrected chi connectivity index (χ4v) is 2.44. The van der Waals surface area contributed by atoms with Crippen molar-refractivity contribution in [1.29, 1.82) is 0 Å². The van der Waals surface area contributed by atoms with Gasteiger partial charge in [-0.3, -0.25) is 4.79 Å². The van der Waals surface area contributed by atoms with Gasteiger partial charge in [0.05, 0.1) is 0 Å². The summed E-state index contributed by atoms with van der Waals surface area (Å²) in [5, 5.41) is 2.92. The summed E-state index contributed by atoms with van der Waals surface area (Å²) < 4.78 is 5.42. The number of amides is 1. The molecule has 0 aromatic heterocycles. The number of hydrogen-bond acceptors (Lipinski definition) is 2. The Labute approximate surface area is 150 Å². The quantitative estimate of drug-likeness (QED) is 0.712. The van der Waals surface area contributed by atoms with Crippen molar-refractivity contribution in [2.24, 2.45) is 0 Å². The maximum Gasteiger partial charge on any atom is 0.224 e. The highest BCUT2D eigenvalue weighted by molar-refractivity contribution is 5.90. The van der Waals surface area contributed by atoms with Crippen molar-refractivity contribution in [1.82, 2.24) is 0 Å². The predicted octanol–water partition coefficient (Wildman–Crippen LogP) is 5.12. The van der Waals surface area contributed by atoms with Gasteiger partial charge in [-0.15, -0.1) is 0 Å². The first-order chi connectivity index (χ1) is 11.9. The van der Waals surface area contributed by atoms with E-state index < -0.39 is 0 Å². The van der Waals surface area contributed by atoms with E-state index in [1.165, 1.54) is 11.1 Å². The summed E-state index contributed by atoms with van der Waals surface area (Å²) in [6.07, 6.45) is 2.89. The molecule has 2 rings (SSSR count). The van der Waals surface area contributed by atoms with Crippen LogP contribution in [0.3, 0.4) is 0 Å². The molecule has 0 heterocycles. The molecule has 0 spiro atoms. The van der Waals surface area contributed by atoms with E-state index in [0.717, 1.165) is 17.9 Å². The standard InChI is InChI=1S/C22H27NO2/c1-5-16-25-20-13-11-19(12-14-20)23-21(24)15-8-17-6-9-18(10-7-17)22(2,3)4/h5-7,9-14H,1,8,15-16H2,2-4H3,(H,23,24). The molecular formula is C22H27NO2. The third kappa shape index (κ3) is 6.11. The second-order valence-corrected chi connectivity index (χ2v) is 7.12. The summed E-state index contributed by atoms with van der Waals surface area (Å²) in [5.41, 5.74) is 3.41. The maximum atomic E-state index is 12.1. The summed E-state index contributed by atoms with van der Waals surface area (Å²) in [6.45, 7) is 10.7. The minimum absolute atomic E-state index is 0.0136. The maximum absolute atomic E-state index is 12.1. The lowest BCUT2D eigenvalue weighted by atomic mass is 9.86. The number of rotatable bonds is 7. The van der Waals surface area contributed by atoms with Crippen molar-refractivity contribution in [3.05, 3.63) is 72.3 Å². The molecule has 3 nitrogen and oxygen atoms in total. The van der Waals surface area contributed by atoms with Crippen LogP contribution < -0.4 is 10.1 Å². The molecule has 132 valence electrons. The van der Waals surface area contributed by atoms with Gasteiger partial charge in [-0.05, 0) is 47.2 Å². The van der Waals surface area contributed by atoms with Crippen molar-refractivity contribution in [2.45, 2.75) is 39.0 Å². The third-order valence-corrected chi connectivity index (χ3v) is 3.97. The molecule has 0 aliphatic rings. The van der Waals surface area contributed by atoms with Gasteiger partial charge >= 0.3 is 0 Å². The molecule has 2 aromatic rings. The van der Waals surface area contributed by atoms with Crippen LogP contribution in [0.25, 0.3) is 0 Å². The summed E-state index contributed by atoms with van der Waals surface area (Å²) in [5.74, 6) is 0.775. The molecule has 0 aliphatic carbocycles. The van der Waals surface area contributed by atoms with Gasteiger partial charge in [0, 0.05) is 12.1 Å². The van der Waals surface area contributed by atoms with E-state index in [0.29, 0.717) is 13.0 Å². The molecular weight excluding hydrogens is 310 g/mol. The first kappa shape index (κ1) is 18.8. The molecule has 0 fully saturated rings. The number of carbonyl (C=O) groups is 1. The van der Waals surface area contributed by atoms with Crippen molar-refractivity contribution < 1.29 is 9.53 Å². The normalized spacial score (nSPS) is 11.0. The Bertz CT molecular complexity index is 694. The van der Waals surface area contributed by atoms with Crippen LogP contribution in [-0.2, 0) is 16.6 Å². The third-order valence-electron chi connectivity index (χ3n) is 3.97. The van der Waals surface area contributed by atoms with E-state index in [1.807, 2.05) is 24.3 Å². The summed E-state index contributed by atoms with van der Waals surface area (Å²) in [6, 6.07) is 15.9. The molecule has 25 heavy (non-hydrogen) atoms. The van der Waals surface area contributed by atoms with E-state index >= 15 is 0 Å². The summed E-state index contributed by atoms with van der Waals surface area (Å²) >= 11 is 0. The fourth-order valence-electron chi connectivity index (χ4n) is 2.44. The number of benzene rings is 2. The van der Waals surface area contributed by atoms with Crippen molar-refractivity contribution >= 4 is 11.6 Å². The Hall–Kier alpha value is -2.55. The smallest absolute Gasteiger partial charge is 0.224 e. The van der Waals surface area contributed by atoms with Gasteiger partial charge in [0.15, 0.2) is 0 Å². The minimum Gasteiger partial charge on any atom is -0.490 e. The second-order valence-electron chi connectivity index (χ2n) is 7.12. The van der Waals surface area contributed by atoms with Crippen LogP contribution in [0.1, 0.15) is 38.3 Å². The Morgan fingerprint density at radius 3 is 2.28 bits per heavy atom. The average Bonchev–Trinajstić information content (AvgIpc) is 2.59. The molecule has 3 heteroatoms. The highest BCUT2D eigenvalue weighted by Crippen LogP contribution is 2.22. The van der Waals surface area contributed by atoms with Gasteiger partial charge < -0.3 is 10.1 Å². The van der Waals surface area contributed by atoms with E-state index in [4.69, 9.17) is 4.74 Å². The number of carbonyl (C=O) groups excluding carboxylic acids is 1. The Morgan fingerprint density at radius 2 is 1.72 bits per heavy atom. The largest absolute Gasteiger partial charge is 0.490 e. The molecule has 0 radical (unpaired) electrons. The van der Waals surface area contributed by atoms with Crippen LogP contribution in [0.2, 0.25) is 0 Å². The second kappa shape index (κ2) is 8.52. The SMILES string of the molecule is C=CCOc1ccc(NC(=O)CCc2ccc(C(C)(C)C)cc2)cc1. The fraction of sp³-hybridized carbons (Fsp3) is 0.318. The number of aryl methyl sites for hydroxylation is 1. The van der Waals surface area contributed by atoms with Crippen molar-refractivity contribution in [3.63, 3.8) is 0 Å². The van der Waals surface area contributed by atoms with Crippen LogP contribution in [0.5, 0.6) is 5.75 Å². The van der Waals surface area contributed by atoms with Crippen LogP contribution in [0.15, 0.2) is 61.2 Å². The van der Waals surface area contributed by atoms with E-state index in [1.54, 1.807) is 6.08 Å². The van der Waals surface area contributed by atoms with Crippen LogP contribution in [-0.4, -0.2) is 12.5 Å². The molecule has 1 N–H and O–H groups in total. The number of hydrogen-bond donors (Lipinski definition) is 1. The highest BCUT2D eigenvalue weighted by Gasteiger charge is 2.13. The highest BCUT2D eigenvalue weighted by atomic mass is 16.5. The Morgan fingerprint density at radius 1 is 1.08 bits per heavy atom. The van der Waals surface area contributed by atoms with Crippen LogP contribution in [0, 0.1) is 0 Å². The molecule has 0 aliphatic heterocycles. The van der Waals surface area contributed by atoms with Gasteiger partial charge in [0.25, 0.3) is 0 Å². The van der Waals surface area contributed by atoms with Crippen LogP contribution >= 0.6 is 0 Å². The van der Waals surface area contributed by atoms with Crippen LogP contribution in [0.4, 0.5) is 5.69 Å². The monoisotopic (exact) mass is 337 g/mol. The molecule has 0 saturated heterocycles. The zero-order valence-corrected chi connectivity index (χ0v) is 15.3. The molecule has 0 saturated carbocycles. The van der Waals surface area contributed by atoms with Gasteiger partial charge in [-0.2, -0.15) is 0 Å². The molecule has 0 unspecified atom stereocenters. The first-order valence-electron chi connectivity index (χ1n) is 8.61. The van der Waals surface area contributed by atoms with Crippen molar-refractivity contribution in [3.8, 4) is 5.75 Å². The lowest BCUT2D eigenvalue weighted by Crippen LogP contribution is -2.13. The Balaban J connectivity index is 1.83. The van der Waals surface area contributed by atoms with E-state index in [2.05, 4.69) is 56.9 Å². The van der Waals surface area contributed by atoms with Gasteiger partial charge in [-0.1, -0.05) is 57.7 Å². The zero-order valence-electron chi connectivity index (χ0n) is 15.3. The number of ether oxygens (including phenoxy) is 1. The molecule has 0 atom stereocenters. The summed E-state index contributed by atoms with van der Waals surface area (Å²) in [7, 11) is 0. The van der Waals surface area contributed by atoms with Gasteiger partial charge in [0.1, 0.15) is 12.4 Å². The van der Waals surface area contributed by atoms with E-state index in [9.17, 15) is 4.79 Å². The predicted molar refractivity (Wildman–Crippen MR) is 104 cm³/mol. The van der Waals surface area contributed by atoms with Gasteiger partial charge in [-0.25, -0.2) is 0 Å². The number of anilines is 1. The number of nitrogens with one attached hydrogen (secondary N) is 1. The summed E-state index contributed by atoms with van der Waals surface area (Å²) in [4.78, 5) is 12.1. The zero-order chi connectivity index (χ0) is 18.3. The topological polar surface area (TPSA) is 38.3 Å². The molecule has 1 amide bonds. The van der Waals surface area contributed by atoms with E-state index in [-0.39, 0.29) is 11.3 Å². The molecule has 2 aromatic carbocycles. The lowest BCUT2D eigenvalue weighted by molar-refractivity contribution is -0.116. The van der Waals surface area contributed by atoms with Gasteiger partial charge in [0.2, 0.25) is 5.91 Å². The van der Waals surface area contributed by atoms with Crippen molar-refractivity contribution in [2.75, 3.05) is 11.9 Å². The first-order valence-corrected chi connectivity index (χ1v) is 8.61. The minimum atomic E-state index is 0.0136.